The van der Waals surface area contributed by atoms with Crippen LogP contribution in [0.15, 0.2) is 18.2 Å². The lowest BCUT2D eigenvalue weighted by Crippen LogP contribution is -2.11. The number of aryl methyl sites for hydroxylation is 1. The van der Waals surface area contributed by atoms with Gasteiger partial charge in [-0.2, -0.15) is 0 Å². The highest BCUT2D eigenvalue weighted by Crippen LogP contribution is 2.22. The van der Waals surface area contributed by atoms with Crippen LogP contribution in [-0.2, 0) is 0 Å². The van der Waals surface area contributed by atoms with E-state index in [0.717, 1.165) is 24.1 Å². The minimum atomic E-state index is -0.0841. The van der Waals surface area contributed by atoms with Gasteiger partial charge in [0.1, 0.15) is 5.82 Å². The van der Waals surface area contributed by atoms with Crippen molar-refractivity contribution in [3.05, 3.63) is 35.1 Å². The van der Waals surface area contributed by atoms with Gasteiger partial charge in [-0.05, 0) is 44.5 Å². The van der Waals surface area contributed by atoms with E-state index in [9.17, 15) is 4.39 Å². The SMILES string of the molecule is CNCCC(C)c1cc(C)ccc1F. The van der Waals surface area contributed by atoms with Crippen LogP contribution in [0.3, 0.4) is 0 Å². The minimum Gasteiger partial charge on any atom is -0.320 e. The van der Waals surface area contributed by atoms with Gasteiger partial charge in [-0.25, -0.2) is 4.39 Å². The van der Waals surface area contributed by atoms with E-state index in [1.54, 1.807) is 6.07 Å². The average molecular weight is 195 g/mol. The van der Waals surface area contributed by atoms with Crippen molar-refractivity contribution in [2.75, 3.05) is 13.6 Å². The Bertz CT molecular complexity index is 296. The molecule has 0 aromatic heterocycles. The molecule has 0 fully saturated rings. The van der Waals surface area contributed by atoms with E-state index in [-0.39, 0.29) is 11.7 Å². The van der Waals surface area contributed by atoms with Gasteiger partial charge in [0, 0.05) is 0 Å². The van der Waals surface area contributed by atoms with E-state index in [1.165, 1.54) is 0 Å². The second-order valence-corrected chi connectivity index (χ2v) is 3.82. The monoisotopic (exact) mass is 195 g/mol. The van der Waals surface area contributed by atoms with Crippen molar-refractivity contribution in [3.8, 4) is 0 Å². The molecule has 78 valence electrons. The summed E-state index contributed by atoms with van der Waals surface area (Å²) >= 11 is 0. The molecule has 0 bridgehead atoms. The van der Waals surface area contributed by atoms with Gasteiger partial charge in [-0.15, -0.1) is 0 Å². The Labute approximate surface area is 85.3 Å². The summed E-state index contributed by atoms with van der Waals surface area (Å²) in [6.45, 7) is 4.98. The van der Waals surface area contributed by atoms with Gasteiger partial charge in [0.25, 0.3) is 0 Å². The van der Waals surface area contributed by atoms with Crippen molar-refractivity contribution in [2.45, 2.75) is 26.2 Å². The van der Waals surface area contributed by atoms with Gasteiger partial charge in [-0.1, -0.05) is 24.6 Å². The molecule has 0 saturated carbocycles. The number of hydrogen-bond acceptors (Lipinski definition) is 1. The van der Waals surface area contributed by atoms with Crippen molar-refractivity contribution in [3.63, 3.8) is 0 Å². The van der Waals surface area contributed by atoms with Crippen LogP contribution in [0.5, 0.6) is 0 Å². The second-order valence-electron chi connectivity index (χ2n) is 3.82. The molecule has 0 aliphatic rings. The minimum absolute atomic E-state index is 0.0841. The third kappa shape index (κ3) is 2.81. The van der Waals surface area contributed by atoms with Crippen molar-refractivity contribution in [2.24, 2.45) is 0 Å². The molecule has 0 amide bonds. The molecule has 1 N–H and O–H groups in total. The zero-order chi connectivity index (χ0) is 10.6. The first-order valence-corrected chi connectivity index (χ1v) is 5.05. The third-order valence-electron chi connectivity index (χ3n) is 2.51. The summed E-state index contributed by atoms with van der Waals surface area (Å²) in [5, 5.41) is 3.08. The number of benzene rings is 1. The van der Waals surface area contributed by atoms with Crippen LogP contribution in [0.2, 0.25) is 0 Å². The topological polar surface area (TPSA) is 12.0 Å². The molecule has 0 spiro atoms. The number of hydrogen-bond donors (Lipinski definition) is 1. The Balaban J connectivity index is 2.77. The fraction of sp³-hybridized carbons (Fsp3) is 0.500. The Morgan fingerprint density at radius 1 is 1.43 bits per heavy atom. The maximum absolute atomic E-state index is 13.4. The molecule has 1 aromatic carbocycles. The highest BCUT2D eigenvalue weighted by Gasteiger charge is 2.10. The van der Waals surface area contributed by atoms with Crippen molar-refractivity contribution in [1.29, 1.82) is 0 Å². The smallest absolute Gasteiger partial charge is 0.126 e. The van der Waals surface area contributed by atoms with Crippen LogP contribution in [0.4, 0.5) is 4.39 Å². The molecule has 1 atom stereocenters. The molecule has 0 aliphatic carbocycles. The van der Waals surface area contributed by atoms with E-state index >= 15 is 0 Å². The van der Waals surface area contributed by atoms with Crippen molar-refractivity contribution >= 4 is 0 Å². The van der Waals surface area contributed by atoms with Gasteiger partial charge >= 0.3 is 0 Å². The molecule has 2 heteroatoms. The number of nitrogens with one attached hydrogen (secondary N) is 1. The van der Waals surface area contributed by atoms with Crippen LogP contribution in [0.25, 0.3) is 0 Å². The van der Waals surface area contributed by atoms with E-state index in [1.807, 2.05) is 26.1 Å². The van der Waals surface area contributed by atoms with E-state index < -0.39 is 0 Å². The summed E-state index contributed by atoms with van der Waals surface area (Å²) in [7, 11) is 1.92. The van der Waals surface area contributed by atoms with Crippen molar-refractivity contribution < 1.29 is 4.39 Å². The maximum atomic E-state index is 13.4. The van der Waals surface area contributed by atoms with Gasteiger partial charge in [0.05, 0.1) is 0 Å². The van der Waals surface area contributed by atoms with Crippen LogP contribution >= 0.6 is 0 Å². The highest BCUT2D eigenvalue weighted by atomic mass is 19.1. The van der Waals surface area contributed by atoms with Gasteiger partial charge in [0.15, 0.2) is 0 Å². The van der Waals surface area contributed by atoms with Crippen LogP contribution in [0.1, 0.15) is 30.4 Å². The molecule has 0 heterocycles. The van der Waals surface area contributed by atoms with Crippen LogP contribution in [0, 0.1) is 12.7 Å². The predicted octanol–water partition coefficient (Wildman–Crippen LogP) is 2.85. The van der Waals surface area contributed by atoms with Gasteiger partial charge in [-0.3, -0.25) is 0 Å². The molecule has 0 radical (unpaired) electrons. The first-order chi connectivity index (χ1) is 6.65. The normalized spacial score (nSPS) is 12.9. The summed E-state index contributed by atoms with van der Waals surface area (Å²) in [6, 6.07) is 5.31. The molecule has 1 unspecified atom stereocenters. The Morgan fingerprint density at radius 2 is 2.14 bits per heavy atom. The molecule has 1 aromatic rings. The molecular formula is C12H18FN. The Morgan fingerprint density at radius 3 is 2.79 bits per heavy atom. The molecule has 1 rings (SSSR count). The van der Waals surface area contributed by atoms with Crippen molar-refractivity contribution in [1.82, 2.24) is 5.32 Å². The largest absolute Gasteiger partial charge is 0.320 e. The third-order valence-corrected chi connectivity index (χ3v) is 2.51. The van der Waals surface area contributed by atoms with Crippen LogP contribution < -0.4 is 5.32 Å². The predicted molar refractivity (Wildman–Crippen MR) is 58.1 cm³/mol. The highest BCUT2D eigenvalue weighted by molar-refractivity contribution is 5.26. The number of halogens is 1. The summed E-state index contributed by atoms with van der Waals surface area (Å²) in [4.78, 5) is 0. The zero-order valence-electron chi connectivity index (χ0n) is 9.10. The Hall–Kier alpha value is -0.890. The maximum Gasteiger partial charge on any atom is 0.126 e. The molecule has 1 nitrogen and oxygen atoms in total. The molecular weight excluding hydrogens is 177 g/mol. The van der Waals surface area contributed by atoms with E-state index in [2.05, 4.69) is 12.2 Å². The van der Waals surface area contributed by atoms with E-state index in [4.69, 9.17) is 0 Å². The summed E-state index contributed by atoms with van der Waals surface area (Å²) in [5.41, 5.74) is 1.96. The van der Waals surface area contributed by atoms with E-state index in [0.29, 0.717) is 0 Å². The second kappa shape index (κ2) is 5.11. The first kappa shape index (κ1) is 11.2. The fourth-order valence-electron chi connectivity index (χ4n) is 1.56. The lowest BCUT2D eigenvalue weighted by molar-refractivity contribution is 0.565. The quantitative estimate of drug-likeness (QED) is 0.779. The fourth-order valence-corrected chi connectivity index (χ4v) is 1.56. The van der Waals surface area contributed by atoms with Gasteiger partial charge in [0.2, 0.25) is 0 Å². The van der Waals surface area contributed by atoms with Crippen LogP contribution in [-0.4, -0.2) is 13.6 Å². The molecule has 0 aliphatic heterocycles. The molecule has 0 saturated heterocycles. The average Bonchev–Trinajstić information content (AvgIpc) is 2.18. The van der Waals surface area contributed by atoms with Gasteiger partial charge < -0.3 is 5.32 Å². The molecule has 14 heavy (non-hydrogen) atoms. The first-order valence-electron chi connectivity index (χ1n) is 5.05. The summed E-state index contributed by atoms with van der Waals surface area (Å²) < 4.78 is 13.4. The summed E-state index contributed by atoms with van der Waals surface area (Å²) in [5.74, 6) is 0.196. The zero-order valence-corrected chi connectivity index (χ0v) is 9.10. The standard InChI is InChI=1S/C12H18FN/c1-9-4-5-12(13)11(8-9)10(2)6-7-14-3/h4-5,8,10,14H,6-7H2,1-3H3. The Kier molecular flexibility index (Phi) is 4.08. The lowest BCUT2D eigenvalue weighted by Gasteiger charge is -2.13. The summed E-state index contributed by atoms with van der Waals surface area (Å²) in [6.07, 6.45) is 0.969. The number of rotatable bonds is 4. The lowest BCUT2D eigenvalue weighted by atomic mass is 9.96.